The summed E-state index contributed by atoms with van der Waals surface area (Å²) in [4.78, 5) is 13.8. The Kier molecular flexibility index (Phi) is 6.21. The first-order valence-corrected chi connectivity index (χ1v) is 6.49. The fourth-order valence-corrected chi connectivity index (χ4v) is 1.34. The Morgan fingerprint density at radius 2 is 2.05 bits per heavy atom. The van der Waals surface area contributed by atoms with Crippen LogP contribution in [0.25, 0.3) is 0 Å². The summed E-state index contributed by atoms with van der Waals surface area (Å²) in [5.41, 5.74) is 0.342. The Balaban J connectivity index is 2.44. The number of likely N-dealkylation sites (N-methyl/N-ethyl adjacent to an activating group) is 1. The van der Waals surface area contributed by atoms with Gasteiger partial charge in [0.15, 0.2) is 5.69 Å². The van der Waals surface area contributed by atoms with Gasteiger partial charge >= 0.3 is 0 Å². The van der Waals surface area contributed by atoms with Crippen molar-refractivity contribution >= 4 is 11.7 Å². The molecule has 1 rings (SSSR count). The minimum absolute atomic E-state index is 0.190. The van der Waals surface area contributed by atoms with E-state index in [4.69, 9.17) is 0 Å². The maximum atomic E-state index is 11.8. The fourth-order valence-electron chi connectivity index (χ4n) is 1.34. The topological polar surface area (TPSA) is 70.2 Å². The third kappa shape index (κ3) is 6.15. The maximum absolute atomic E-state index is 11.8. The summed E-state index contributed by atoms with van der Waals surface area (Å²) < 4.78 is 0. The molecule has 106 valence electrons. The van der Waals surface area contributed by atoms with Gasteiger partial charge in [-0.1, -0.05) is 13.8 Å². The van der Waals surface area contributed by atoms with Crippen LogP contribution in [0.4, 0.5) is 5.82 Å². The van der Waals surface area contributed by atoms with Gasteiger partial charge in [0.1, 0.15) is 5.82 Å². The monoisotopic (exact) mass is 265 g/mol. The van der Waals surface area contributed by atoms with Crippen molar-refractivity contribution in [2.45, 2.75) is 13.8 Å². The molecule has 6 nitrogen and oxygen atoms in total. The molecular weight excluding hydrogens is 242 g/mol. The number of rotatable bonds is 7. The van der Waals surface area contributed by atoms with E-state index in [0.717, 1.165) is 13.1 Å². The average molecular weight is 265 g/mol. The average Bonchev–Trinajstić information content (AvgIpc) is 2.36. The van der Waals surface area contributed by atoms with Gasteiger partial charge in [-0.15, -0.1) is 10.2 Å². The SMILES string of the molecule is CC(C)CNc1ccc(C(=O)NCCN(C)C)nn1. The molecular formula is C13H23N5O. The maximum Gasteiger partial charge on any atom is 0.271 e. The van der Waals surface area contributed by atoms with Crippen molar-refractivity contribution in [3.05, 3.63) is 17.8 Å². The molecule has 2 N–H and O–H groups in total. The quantitative estimate of drug-likeness (QED) is 0.764. The van der Waals surface area contributed by atoms with Gasteiger partial charge in [0, 0.05) is 19.6 Å². The molecule has 1 amide bonds. The fraction of sp³-hybridized carbons (Fsp3) is 0.615. The molecule has 0 aliphatic carbocycles. The van der Waals surface area contributed by atoms with E-state index in [1.807, 2.05) is 19.0 Å². The van der Waals surface area contributed by atoms with Gasteiger partial charge in [-0.25, -0.2) is 0 Å². The summed E-state index contributed by atoms with van der Waals surface area (Å²) in [5.74, 6) is 1.04. The van der Waals surface area contributed by atoms with Crippen LogP contribution in [0.5, 0.6) is 0 Å². The molecule has 0 aliphatic heterocycles. The summed E-state index contributed by atoms with van der Waals surface area (Å²) in [5, 5.41) is 13.9. The molecule has 1 aromatic heterocycles. The number of carbonyl (C=O) groups excluding carboxylic acids is 1. The number of amides is 1. The molecule has 0 aliphatic rings. The summed E-state index contributed by atoms with van der Waals surface area (Å²) in [7, 11) is 3.92. The molecule has 1 aromatic rings. The third-order valence-electron chi connectivity index (χ3n) is 2.43. The Morgan fingerprint density at radius 3 is 2.58 bits per heavy atom. The highest BCUT2D eigenvalue weighted by molar-refractivity contribution is 5.92. The van der Waals surface area contributed by atoms with Crippen molar-refractivity contribution in [1.29, 1.82) is 0 Å². The minimum atomic E-state index is -0.190. The molecule has 0 saturated heterocycles. The number of carbonyl (C=O) groups is 1. The highest BCUT2D eigenvalue weighted by atomic mass is 16.1. The van der Waals surface area contributed by atoms with Crippen LogP contribution in [-0.2, 0) is 0 Å². The summed E-state index contributed by atoms with van der Waals surface area (Å²) in [6.07, 6.45) is 0. The van der Waals surface area contributed by atoms with Gasteiger partial charge in [-0.2, -0.15) is 0 Å². The van der Waals surface area contributed by atoms with Crippen LogP contribution >= 0.6 is 0 Å². The van der Waals surface area contributed by atoms with E-state index in [-0.39, 0.29) is 5.91 Å². The van der Waals surface area contributed by atoms with Gasteiger partial charge in [0.25, 0.3) is 5.91 Å². The lowest BCUT2D eigenvalue weighted by molar-refractivity contribution is 0.0945. The first kappa shape index (κ1) is 15.4. The van der Waals surface area contributed by atoms with E-state index in [0.29, 0.717) is 24.0 Å². The molecule has 1 heterocycles. The molecule has 0 radical (unpaired) electrons. The van der Waals surface area contributed by atoms with Crippen LogP contribution in [0.15, 0.2) is 12.1 Å². The molecule has 0 saturated carbocycles. The number of nitrogens with one attached hydrogen (secondary N) is 2. The van der Waals surface area contributed by atoms with Crippen LogP contribution in [0.3, 0.4) is 0 Å². The first-order valence-electron chi connectivity index (χ1n) is 6.49. The van der Waals surface area contributed by atoms with Crippen LogP contribution in [0, 0.1) is 5.92 Å². The lowest BCUT2D eigenvalue weighted by atomic mass is 10.2. The molecule has 0 fully saturated rings. The van der Waals surface area contributed by atoms with Crippen molar-refractivity contribution < 1.29 is 4.79 Å². The summed E-state index contributed by atoms with van der Waals surface area (Å²) in [6.45, 7) is 6.47. The molecule has 0 bridgehead atoms. The zero-order chi connectivity index (χ0) is 14.3. The molecule has 0 atom stereocenters. The molecule has 0 aromatic carbocycles. The van der Waals surface area contributed by atoms with Crippen LogP contribution < -0.4 is 10.6 Å². The molecule has 19 heavy (non-hydrogen) atoms. The highest BCUT2D eigenvalue weighted by Crippen LogP contribution is 2.03. The molecule has 0 spiro atoms. The van der Waals surface area contributed by atoms with Gasteiger partial charge in [0.2, 0.25) is 0 Å². The van der Waals surface area contributed by atoms with E-state index in [9.17, 15) is 4.79 Å². The van der Waals surface area contributed by atoms with Crippen LogP contribution in [0.1, 0.15) is 24.3 Å². The van der Waals surface area contributed by atoms with Gasteiger partial charge in [0.05, 0.1) is 0 Å². The predicted octanol–water partition coefficient (Wildman–Crippen LogP) is 0.836. The smallest absolute Gasteiger partial charge is 0.271 e. The highest BCUT2D eigenvalue weighted by Gasteiger charge is 2.07. The number of nitrogens with zero attached hydrogens (tertiary/aromatic N) is 3. The Hall–Kier alpha value is -1.69. The second kappa shape index (κ2) is 7.68. The van der Waals surface area contributed by atoms with Gasteiger partial charge < -0.3 is 15.5 Å². The van der Waals surface area contributed by atoms with Crippen molar-refractivity contribution in [3.63, 3.8) is 0 Å². The van der Waals surface area contributed by atoms with Gasteiger partial charge in [-0.3, -0.25) is 4.79 Å². The third-order valence-corrected chi connectivity index (χ3v) is 2.43. The number of hydrogen-bond acceptors (Lipinski definition) is 5. The van der Waals surface area contributed by atoms with E-state index in [1.165, 1.54) is 0 Å². The zero-order valence-corrected chi connectivity index (χ0v) is 12.1. The van der Waals surface area contributed by atoms with Crippen LogP contribution in [0.2, 0.25) is 0 Å². The number of anilines is 1. The predicted molar refractivity (Wildman–Crippen MR) is 76.2 cm³/mol. The second-order valence-corrected chi connectivity index (χ2v) is 5.14. The van der Waals surface area contributed by atoms with Crippen molar-refractivity contribution in [2.24, 2.45) is 5.92 Å². The van der Waals surface area contributed by atoms with Gasteiger partial charge in [-0.05, 0) is 32.1 Å². The number of aromatic nitrogens is 2. The van der Waals surface area contributed by atoms with E-state index >= 15 is 0 Å². The summed E-state index contributed by atoms with van der Waals surface area (Å²) >= 11 is 0. The Morgan fingerprint density at radius 1 is 1.32 bits per heavy atom. The second-order valence-electron chi connectivity index (χ2n) is 5.14. The zero-order valence-electron chi connectivity index (χ0n) is 12.1. The Bertz CT molecular complexity index is 389. The normalized spacial score (nSPS) is 10.8. The van der Waals surface area contributed by atoms with E-state index in [1.54, 1.807) is 12.1 Å². The summed E-state index contributed by atoms with van der Waals surface area (Å²) in [6, 6.07) is 3.46. The largest absolute Gasteiger partial charge is 0.368 e. The lowest BCUT2D eigenvalue weighted by Gasteiger charge is -2.10. The van der Waals surface area contributed by atoms with Crippen LogP contribution in [-0.4, -0.2) is 54.7 Å². The van der Waals surface area contributed by atoms with Crippen molar-refractivity contribution in [3.8, 4) is 0 Å². The van der Waals surface area contributed by atoms with E-state index in [2.05, 4.69) is 34.7 Å². The number of hydrogen-bond donors (Lipinski definition) is 2. The van der Waals surface area contributed by atoms with Crippen molar-refractivity contribution in [2.75, 3.05) is 39.0 Å². The molecule has 6 heteroatoms. The lowest BCUT2D eigenvalue weighted by Crippen LogP contribution is -2.31. The molecule has 0 unspecified atom stereocenters. The van der Waals surface area contributed by atoms with Crippen molar-refractivity contribution in [1.82, 2.24) is 20.4 Å². The Labute approximate surface area is 114 Å². The minimum Gasteiger partial charge on any atom is -0.368 e. The standard InChI is InChI=1S/C13H23N5O/c1-10(2)9-15-12-6-5-11(16-17-12)13(19)14-7-8-18(3)4/h5-6,10H,7-9H2,1-4H3,(H,14,19)(H,15,17). The first-order chi connectivity index (χ1) is 8.99. The van der Waals surface area contributed by atoms with E-state index < -0.39 is 0 Å².